The summed E-state index contributed by atoms with van der Waals surface area (Å²) in [5.41, 5.74) is 7.62. The van der Waals surface area contributed by atoms with Crippen LogP contribution in [0.3, 0.4) is 0 Å². The molecule has 2 nitrogen and oxygen atoms in total. The molecular weight excluding hydrogens is 296 g/mol. The Hall–Kier alpha value is -2.58. The van der Waals surface area contributed by atoms with Crippen LogP contribution in [0.15, 0.2) is 66.7 Å². The lowest BCUT2D eigenvalue weighted by molar-refractivity contribution is 0.123. The maximum Gasteiger partial charge on any atom is 0.127 e. The number of fused-ring (bicyclic) bond motifs is 3. The summed E-state index contributed by atoms with van der Waals surface area (Å²) in [7, 11) is 0. The van der Waals surface area contributed by atoms with Gasteiger partial charge in [0.25, 0.3) is 0 Å². The Morgan fingerprint density at radius 3 is 2.42 bits per heavy atom. The second-order valence-corrected chi connectivity index (χ2v) is 6.36. The summed E-state index contributed by atoms with van der Waals surface area (Å²) >= 11 is 0. The third kappa shape index (κ3) is 2.70. The van der Waals surface area contributed by atoms with Gasteiger partial charge in [-0.25, -0.2) is 0 Å². The number of hydrogen-bond donors (Lipinski definition) is 1. The molecule has 1 aliphatic carbocycles. The molecule has 0 aromatic heterocycles. The molecule has 1 N–H and O–H groups in total. The number of aliphatic hydroxyl groups is 1. The van der Waals surface area contributed by atoms with E-state index in [0.29, 0.717) is 6.61 Å². The van der Waals surface area contributed by atoms with Gasteiger partial charge in [-0.05, 0) is 53.3 Å². The summed E-state index contributed by atoms with van der Waals surface area (Å²) < 4.78 is 5.79. The summed E-state index contributed by atoms with van der Waals surface area (Å²) in [6.45, 7) is 2.03. The molecule has 3 aromatic carbocycles. The highest BCUT2D eigenvalue weighted by Gasteiger charge is 2.19. The largest absolute Gasteiger partial charge is 0.490 e. The third-order valence-corrected chi connectivity index (χ3v) is 4.48. The molecule has 1 unspecified atom stereocenters. The zero-order valence-electron chi connectivity index (χ0n) is 13.7. The van der Waals surface area contributed by atoms with Crippen molar-refractivity contribution in [1.82, 2.24) is 0 Å². The molecule has 0 saturated carbocycles. The molecule has 120 valence electrons. The van der Waals surface area contributed by atoms with Crippen LogP contribution in [0.1, 0.15) is 18.1 Å². The standard InChI is InChI=1S/C22H20O2/c1-15(23)14-24-22-9-5-4-8-20(22)18-11-10-17-12-16-6-2-3-7-19(16)21(17)13-18/h2-11,13,15,23H,12,14H2,1H3. The first kappa shape index (κ1) is 15.0. The zero-order chi connectivity index (χ0) is 16.5. The molecule has 4 rings (SSSR count). The second kappa shape index (κ2) is 6.14. The van der Waals surface area contributed by atoms with Gasteiger partial charge in [0.2, 0.25) is 0 Å². The van der Waals surface area contributed by atoms with Gasteiger partial charge in [-0.2, -0.15) is 0 Å². The Bertz CT molecular complexity index is 881. The van der Waals surface area contributed by atoms with Gasteiger partial charge in [0.1, 0.15) is 12.4 Å². The van der Waals surface area contributed by atoms with Crippen LogP contribution < -0.4 is 4.74 Å². The minimum atomic E-state index is -0.482. The molecule has 0 bridgehead atoms. The van der Waals surface area contributed by atoms with E-state index < -0.39 is 6.10 Å². The van der Waals surface area contributed by atoms with Crippen molar-refractivity contribution in [3.05, 3.63) is 77.9 Å². The van der Waals surface area contributed by atoms with Gasteiger partial charge in [-0.1, -0.05) is 54.6 Å². The van der Waals surface area contributed by atoms with E-state index in [9.17, 15) is 5.11 Å². The van der Waals surface area contributed by atoms with Crippen molar-refractivity contribution in [3.8, 4) is 28.0 Å². The highest BCUT2D eigenvalue weighted by atomic mass is 16.5. The van der Waals surface area contributed by atoms with Crippen LogP contribution >= 0.6 is 0 Å². The van der Waals surface area contributed by atoms with Crippen LogP contribution in [-0.2, 0) is 6.42 Å². The molecule has 0 saturated heterocycles. The van der Waals surface area contributed by atoms with Gasteiger partial charge in [0, 0.05) is 5.56 Å². The fourth-order valence-electron chi connectivity index (χ4n) is 3.33. The second-order valence-electron chi connectivity index (χ2n) is 6.36. The first-order chi connectivity index (χ1) is 11.7. The summed E-state index contributed by atoms with van der Waals surface area (Å²) in [4.78, 5) is 0. The predicted molar refractivity (Wildman–Crippen MR) is 97.3 cm³/mol. The van der Waals surface area contributed by atoms with Crippen molar-refractivity contribution < 1.29 is 9.84 Å². The van der Waals surface area contributed by atoms with Crippen molar-refractivity contribution in [3.63, 3.8) is 0 Å². The first-order valence-corrected chi connectivity index (χ1v) is 8.34. The smallest absolute Gasteiger partial charge is 0.127 e. The summed E-state index contributed by atoms with van der Waals surface area (Å²) in [6.07, 6.45) is 0.524. The number of aliphatic hydroxyl groups excluding tert-OH is 1. The average Bonchev–Trinajstić information content (AvgIpc) is 2.98. The molecule has 0 radical (unpaired) electrons. The molecule has 2 heteroatoms. The molecule has 3 aromatic rings. The Morgan fingerprint density at radius 1 is 0.875 bits per heavy atom. The van der Waals surface area contributed by atoms with E-state index in [0.717, 1.165) is 23.3 Å². The van der Waals surface area contributed by atoms with Gasteiger partial charge in [0.15, 0.2) is 0 Å². The maximum absolute atomic E-state index is 9.49. The van der Waals surface area contributed by atoms with Crippen LogP contribution in [0.4, 0.5) is 0 Å². The van der Waals surface area contributed by atoms with Gasteiger partial charge in [-0.15, -0.1) is 0 Å². The number of para-hydroxylation sites is 1. The fraction of sp³-hybridized carbons (Fsp3) is 0.182. The van der Waals surface area contributed by atoms with Crippen molar-refractivity contribution >= 4 is 0 Å². The van der Waals surface area contributed by atoms with E-state index in [2.05, 4.69) is 48.5 Å². The number of rotatable bonds is 4. The Kier molecular flexibility index (Phi) is 3.83. The summed E-state index contributed by atoms with van der Waals surface area (Å²) in [5.74, 6) is 0.810. The van der Waals surface area contributed by atoms with E-state index in [1.165, 1.54) is 22.3 Å². The summed E-state index contributed by atoms with van der Waals surface area (Å²) in [5, 5.41) is 9.49. The van der Waals surface area contributed by atoms with Crippen LogP contribution in [0, 0.1) is 0 Å². The summed E-state index contributed by atoms with van der Waals surface area (Å²) in [6, 6.07) is 23.2. The highest BCUT2D eigenvalue weighted by molar-refractivity contribution is 5.82. The number of hydrogen-bond acceptors (Lipinski definition) is 2. The molecule has 24 heavy (non-hydrogen) atoms. The zero-order valence-corrected chi connectivity index (χ0v) is 13.7. The molecule has 0 fully saturated rings. The third-order valence-electron chi connectivity index (χ3n) is 4.48. The van der Waals surface area contributed by atoms with Crippen molar-refractivity contribution in [2.45, 2.75) is 19.4 Å². The molecular formula is C22H20O2. The van der Waals surface area contributed by atoms with Crippen LogP contribution in [0.25, 0.3) is 22.3 Å². The molecule has 0 aliphatic heterocycles. The van der Waals surface area contributed by atoms with Crippen LogP contribution in [-0.4, -0.2) is 17.8 Å². The Labute approximate surface area is 142 Å². The first-order valence-electron chi connectivity index (χ1n) is 8.34. The molecule has 0 spiro atoms. The van der Waals surface area contributed by atoms with Crippen LogP contribution in [0.5, 0.6) is 5.75 Å². The van der Waals surface area contributed by atoms with Crippen molar-refractivity contribution in [2.24, 2.45) is 0 Å². The van der Waals surface area contributed by atoms with E-state index in [1.54, 1.807) is 6.92 Å². The Balaban J connectivity index is 1.75. The topological polar surface area (TPSA) is 29.5 Å². The molecule has 0 heterocycles. The molecule has 0 amide bonds. The minimum Gasteiger partial charge on any atom is -0.490 e. The van der Waals surface area contributed by atoms with Crippen LogP contribution in [0.2, 0.25) is 0 Å². The molecule has 1 atom stereocenters. The van der Waals surface area contributed by atoms with E-state index in [4.69, 9.17) is 4.74 Å². The molecule has 1 aliphatic rings. The lowest BCUT2D eigenvalue weighted by atomic mass is 9.98. The lowest BCUT2D eigenvalue weighted by Gasteiger charge is -2.14. The Morgan fingerprint density at radius 2 is 1.58 bits per heavy atom. The van der Waals surface area contributed by atoms with Gasteiger partial charge >= 0.3 is 0 Å². The monoisotopic (exact) mass is 316 g/mol. The van der Waals surface area contributed by atoms with Gasteiger partial charge < -0.3 is 9.84 Å². The SMILES string of the molecule is CC(O)COc1ccccc1-c1ccc2c(c1)-c1ccccc1C2. The lowest BCUT2D eigenvalue weighted by Crippen LogP contribution is -2.13. The predicted octanol–water partition coefficient (Wildman–Crippen LogP) is 4.68. The number of benzene rings is 3. The van der Waals surface area contributed by atoms with E-state index in [1.807, 2.05) is 18.2 Å². The van der Waals surface area contributed by atoms with Crippen molar-refractivity contribution in [2.75, 3.05) is 6.61 Å². The van der Waals surface area contributed by atoms with Gasteiger partial charge in [0.05, 0.1) is 6.10 Å². The fourth-order valence-corrected chi connectivity index (χ4v) is 3.33. The normalized spacial score (nSPS) is 13.2. The average molecular weight is 316 g/mol. The quantitative estimate of drug-likeness (QED) is 0.592. The highest BCUT2D eigenvalue weighted by Crippen LogP contribution is 2.40. The van der Waals surface area contributed by atoms with Gasteiger partial charge in [-0.3, -0.25) is 0 Å². The maximum atomic E-state index is 9.49. The van der Waals surface area contributed by atoms with E-state index in [-0.39, 0.29) is 0 Å². The number of ether oxygens (including phenoxy) is 1. The van der Waals surface area contributed by atoms with Crippen molar-refractivity contribution in [1.29, 1.82) is 0 Å². The minimum absolute atomic E-state index is 0.296. The van der Waals surface area contributed by atoms with E-state index >= 15 is 0 Å².